The summed E-state index contributed by atoms with van der Waals surface area (Å²) in [5.74, 6) is -11.0. The molecule has 0 aromatic carbocycles. The molecule has 0 spiro atoms. The average Bonchev–Trinajstić information content (AvgIpc) is 3.00. The van der Waals surface area contributed by atoms with Crippen molar-refractivity contribution in [3.05, 3.63) is 0 Å². The maximum Gasteiger partial charge on any atom is 0.326 e. The number of carboxylic acids is 5. The van der Waals surface area contributed by atoms with E-state index in [-0.39, 0.29) is 32.2 Å². The molecule has 0 aliphatic heterocycles. The topological polar surface area (TPSA) is 358 Å². The largest absolute Gasteiger partial charge is 0.480 e. The molecule has 0 heterocycles. The Morgan fingerprint density at radius 3 is 1.10 bits per heavy atom. The highest BCUT2D eigenvalue weighted by Gasteiger charge is 2.27. The number of amides is 5. The van der Waals surface area contributed by atoms with Gasteiger partial charge in [0.1, 0.15) is 30.2 Å². The number of carbonyl (C=O) groups is 10. The summed E-state index contributed by atoms with van der Waals surface area (Å²) in [6.07, 6.45) is -2.42. The highest BCUT2D eigenvalue weighted by Crippen LogP contribution is 2.06. The number of hydrogen-bond donors (Lipinski definition) is 11. The molecule has 0 bridgehead atoms. The van der Waals surface area contributed by atoms with E-state index in [0.29, 0.717) is 12.8 Å². The van der Waals surface area contributed by atoms with Crippen LogP contribution in [0.1, 0.15) is 77.6 Å². The third-order valence-corrected chi connectivity index (χ3v) is 6.80. The predicted octanol–water partition coefficient (Wildman–Crippen LogP) is -2.90. The van der Waals surface area contributed by atoms with E-state index in [1.54, 1.807) is 0 Å². The molecule has 0 aliphatic rings. The first-order valence-electron chi connectivity index (χ1n) is 15.1. The summed E-state index contributed by atoms with van der Waals surface area (Å²) in [5, 5.41) is 57.1. The minimum absolute atomic E-state index is 0.194. The molecule has 0 saturated heterocycles. The molecule has 0 aromatic rings. The summed E-state index contributed by atoms with van der Waals surface area (Å²) in [4.78, 5) is 117. The van der Waals surface area contributed by atoms with E-state index in [9.17, 15) is 63.3 Å². The number of hydrogen-bond acceptors (Lipinski definition) is 11. The lowest BCUT2D eigenvalue weighted by Gasteiger charge is -2.18. The van der Waals surface area contributed by atoms with Crippen LogP contribution < -0.4 is 32.3 Å². The van der Waals surface area contributed by atoms with Crippen molar-refractivity contribution in [1.82, 2.24) is 26.6 Å². The Morgan fingerprint density at radius 2 is 0.796 bits per heavy atom. The van der Waals surface area contributed by atoms with Crippen molar-refractivity contribution in [2.75, 3.05) is 6.54 Å². The highest BCUT2D eigenvalue weighted by atomic mass is 16.4. The van der Waals surface area contributed by atoms with Gasteiger partial charge in [-0.15, -0.1) is 0 Å². The van der Waals surface area contributed by atoms with Crippen LogP contribution in [-0.4, -0.2) is 122 Å². The lowest BCUT2D eigenvalue weighted by atomic mass is 10.1. The first-order valence-corrected chi connectivity index (χ1v) is 15.1. The van der Waals surface area contributed by atoms with Crippen LogP contribution in [0.2, 0.25) is 0 Å². The van der Waals surface area contributed by atoms with Crippen molar-refractivity contribution in [2.24, 2.45) is 5.73 Å². The summed E-state index contributed by atoms with van der Waals surface area (Å²) >= 11 is 0. The SMILES string of the molecule is CC(=O)N[C@@H](CCC(=O)N[C@@H](CCC(=O)N[C@@H](CCC(=O)N[C@@H](CCC(=O)NCCCC[C@H](N)C(=O)O)C(=O)O)C(=O)O)C(=O)O)C(=O)O. The standard InChI is InChI=1S/C28H44N6O15/c1-14(35)31-16(25(42)43)6-10-21(37)33-18(27(46)47)8-12-23(39)34-19(28(48)49)7-11-22(38)32-17(26(44)45)5-9-20(36)30-13-3-2-4-15(29)24(40)41/h15-19H,2-13,29H2,1H3,(H,30,36)(H,31,35)(H,32,38)(H,33,37)(H,34,39)(H,40,41)(H,42,43)(H,44,45)(H,46,47)(H,48,49)/t15-,16-,17-,18-,19-/m0/s1. The van der Waals surface area contributed by atoms with Gasteiger partial charge >= 0.3 is 29.8 Å². The molecule has 5 amide bonds. The Kier molecular flexibility index (Phi) is 20.5. The second kappa shape index (κ2) is 23.1. The quantitative estimate of drug-likeness (QED) is 0.0402. The van der Waals surface area contributed by atoms with Crippen molar-refractivity contribution in [3.63, 3.8) is 0 Å². The summed E-state index contributed by atoms with van der Waals surface area (Å²) in [6, 6.07) is -7.14. The molecule has 49 heavy (non-hydrogen) atoms. The number of aliphatic carboxylic acids is 5. The monoisotopic (exact) mass is 704 g/mol. The van der Waals surface area contributed by atoms with Gasteiger partial charge in [-0.2, -0.15) is 0 Å². The molecule has 21 heteroatoms. The van der Waals surface area contributed by atoms with Crippen molar-refractivity contribution < 1.29 is 73.5 Å². The molecule has 5 atom stereocenters. The van der Waals surface area contributed by atoms with Gasteiger partial charge in [0.15, 0.2) is 0 Å². The Hall–Kier alpha value is -5.34. The van der Waals surface area contributed by atoms with Crippen molar-refractivity contribution >= 4 is 59.4 Å². The van der Waals surface area contributed by atoms with E-state index < -0.39 is 122 Å². The van der Waals surface area contributed by atoms with E-state index in [0.717, 1.165) is 6.92 Å². The molecule has 0 aliphatic carbocycles. The number of carboxylic acid groups (broad SMARTS) is 5. The maximum absolute atomic E-state index is 12.4. The van der Waals surface area contributed by atoms with Crippen LogP contribution in [-0.2, 0) is 47.9 Å². The second-order valence-corrected chi connectivity index (χ2v) is 10.9. The zero-order chi connectivity index (χ0) is 37.7. The zero-order valence-electron chi connectivity index (χ0n) is 26.8. The van der Waals surface area contributed by atoms with Crippen LogP contribution in [0.3, 0.4) is 0 Å². The molecule has 276 valence electrons. The smallest absolute Gasteiger partial charge is 0.326 e. The van der Waals surface area contributed by atoms with E-state index >= 15 is 0 Å². The lowest BCUT2D eigenvalue weighted by Crippen LogP contribution is -2.45. The van der Waals surface area contributed by atoms with Gasteiger partial charge in [-0.1, -0.05) is 0 Å². The lowest BCUT2D eigenvalue weighted by molar-refractivity contribution is -0.144. The molecule has 0 aromatic heterocycles. The first kappa shape index (κ1) is 43.7. The fourth-order valence-electron chi connectivity index (χ4n) is 4.11. The zero-order valence-corrected chi connectivity index (χ0v) is 26.8. The Balaban J connectivity index is 4.79. The molecule has 12 N–H and O–H groups in total. The minimum atomic E-state index is -1.63. The van der Waals surface area contributed by atoms with Gasteiger partial charge in [-0.25, -0.2) is 19.2 Å². The number of nitrogens with one attached hydrogen (secondary N) is 5. The van der Waals surface area contributed by atoms with E-state index in [1.165, 1.54) is 0 Å². The Labute approximate surface area is 279 Å². The molecule has 0 unspecified atom stereocenters. The number of carbonyl (C=O) groups excluding carboxylic acids is 5. The Morgan fingerprint density at radius 1 is 0.469 bits per heavy atom. The summed E-state index contributed by atoms with van der Waals surface area (Å²) in [5.41, 5.74) is 5.38. The summed E-state index contributed by atoms with van der Waals surface area (Å²) < 4.78 is 0. The molecular weight excluding hydrogens is 660 g/mol. The first-order chi connectivity index (χ1) is 22.8. The maximum atomic E-state index is 12.4. The highest BCUT2D eigenvalue weighted by molar-refractivity contribution is 5.88. The second-order valence-electron chi connectivity index (χ2n) is 10.9. The van der Waals surface area contributed by atoms with Crippen LogP contribution in [0.4, 0.5) is 0 Å². The van der Waals surface area contributed by atoms with Crippen molar-refractivity contribution in [2.45, 2.75) is 108 Å². The third kappa shape index (κ3) is 20.5. The number of rotatable bonds is 26. The average molecular weight is 705 g/mol. The predicted molar refractivity (Wildman–Crippen MR) is 163 cm³/mol. The van der Waals surface area contributed by atoms with E-state index in [2.05, 4.69) is 26.6 Å². The molecule has 0 saturated carbocycles. The van der Waals surface area contributed by atoms with Crippen LogP contribution in [0, 0.1) is 0 Å². The van der Waals surface area contributed by atoms with Crippen molar-refractivity contribution in [1.29, 1.82) is 0 Å². The third-order valence-electron chi connectivity index (χ3n) is 6.80. The van der Waals surface area contributed by atoms with Gasteiger partial charge in [0.05, 0.1) is 0 Å². The van der Waals surface area contributed by atoms with Crippen LogP contribution in [0.25, 0.3) is 0 Å². The Bertz CT molecular complexity index is 1230. The van der Waals surface area contributed by atoms with Gasteiger partial charge < -0.3 is 57.9 Å². The molecule has 0 rings (SSSR count). The molecular formula is C28H44N6O15. The fourth-order valence-corrected chi connectivity index (χ4v) is 4.11. The summed E-state index contributed by atoms with van der Waals surface area (Å²) in [6.45, 7) is 1.27. The van der Waals surface area contributed by atoms with E-state index in [1.807, 2.05) is 0 Å². The van der Waals surface area contributed by atoms with Crippen molar-refractivity contribution in [3.8, 4) is 0 Å². The van der Waals surface area contributed by atoms with Gasteiger partial charge in [-0.05, 0) is 44.9 Å². The van der Waals surface area contributed by atoms with Gasteiger partial charge in [0.25, 0.3) is 0 Å². The van der Waals surface area contributed by atoms with Crippen LogP contribution >= 0.6 is 0 Å². The fraction of sp³-hybridized carbons (Fsp3) is 0.643. The minimum Gasteiger partial charge on any atom is -0.480 e. The number of unbranched alkanes of at least 4 members (excludes halogenated alkanes) is 1. The van der Waals surface area contributed by atoms with Crippen LogP contribution in [0.5, 0.6) is 0 Å². The van der Waals surface area contributed by atoms with Crippen LogP contribution in [0.15, 0.2) is 0 Å². The normalized spacial score (nSPS) is 13.7. The van der Waals surface area contributed by atoms with Gasteiger partial charge in [-0.3, -0.25) is 28.8 Å². The van der Waals surface area contributed by atoms with Gasteiger partial charge in [0.2, 0.25) is 29.5 Å². The molecule has 21 nitrogen and oxygen atoms in total. The van der Waals surface area contributed by atoms with Gasteiger partial charge in [0, 0.05) is 39.2 Å². The number of nitrogens with two attached hydrogens (primary N) is 1. The molecule has 0 radical (unpaired) electrons. The summed E-state index contributed by atoms with van der Waals surface area (Å²) in [7, 11) is 0. The van der Waals surface area contributed by atoms with E-state index in [4.69, 9.17) is 15.9 Å². The molecule has 0 fully saturated rings.